The second-order valence-corrected chi connectivity index (χ2v) is 5.05. The fraction of sp³-hybridized carbons (Fsp3) is 0.571. The molecule has 1 aliphatic carbocycles. The Balaban J connectivity index is 2.38. The van der Waals surface area contributed by atoms with E-state index in [4.69, 9.17) is 4.74 Å². The minimum atomic E-state index is -1.03. The molecule has 0 aliphatic heterocycles. The molecule has 0 radical (unpaired) electrons. The Morgan fingerprint density at radius 2 is 2.24 bits per heavy atom. The Morgan fingerprint density at radius 1 is 1.47 bits per heavy atom. The van der Waals surface area contributed by atoms with E-state index in [1.807, 2.05) is 0 Å². The first-order valence-electron chi connectivity index (χ1n) is 6.12. The molecule has 0 spiro atoms. The fourth-order valence-electron chi connectivity index (χ4n) is 2.80. The fourth-order valence-corrected chi connectivity index (χ4v) is 2.80. The zero-order valence-corrected chi connectivity index (χ0v) is 10.4. The molecule has 1 aromatic rings. The highest BCUT2D eigenvalue weighted by Crippen LogP contribution is 2.42. The molecule has 0 saturated heterocycles. The summed E-state index contributed by atoms with van der Waals surface area (Å²) in [6.45, 7) is 2.10. The summed E-state index contributed by atoms with van der Waals surface area (Å²) in [5.41, 5.74) is -0.653. The second kappa shape index (κ2) is 4.65. The smallest absolute Gasteiger partial charge is 0.171 e. The number of methoxy groups -OCH3 is 1. The van der Waals surface area contributed by atoms with Crippen LogP contribution >= 0.6 is 0 Å². The van der Waals surface area contributed by atoms with Crippen molar-refractivity contribution in [2.24, 2.45) is 5.92 Å². The molecule has 1 saturated carbocycles. The molecular weight excluding hydrogens is 219 g/mol. The number of ether oxygens (including phenoxy) is 1. The molecule has 1 aliphatic rings. The van der Waals surface area contributed by atoms with Crippen molar-refractivity contribution < 1.29 is 14.2 Å². The summed E-state index contributed by atoms with van der Waals surface area (Å²) in [6.07, 6.45) is 3.29. The van der Waals surface area contributed by atoms with E-state index in [1.54, 1.807) is 18.2 Å². The van der Waals surface area contributed by atoms with E-state index in [-0.39, 0.29) is 5.75 Å². The maximum absolute atomic E-state index is 14.1. The second-order valence-electron chi connectivity index (χ2n) is 5.05. The molecule has 0 bridgehead atoms. The molecule has 2 atom stereocenters. The Morgan fingerprint density at radius 3 is 2.88 bits per heavy atom. The highest BCUT2D eigenvalue weighted by Gasteiger charge is 2.37. The molecule has 0 aromatic heterocycles. The van der Waals surface area contributed by atoms with Gasteiger partial charge in [0, 0.05) is 5.56 Å². The molecule has 1 N–H and O–H groups in total. The van der Waals surface area contributed by atoms with Gasteiger partial charge in [-0.05, 0) is 31.2 Å². The molecule has 2 nitrogen and oxygen atoms in total. The zero-order chi connectivity index (χ0) is 12.5. The van der Waals surface area contributed by atoms with E-state index in [1.165, 1.54) is 7.11 Å². The minimum Gasteiger partial charge on any atom is -0.494 e. The lowest BCUT2D eigenvalue weighted by Crippen LogP contribution is -2.32. The lowest BCUT2D eigenvalue weighted by molar-refractivity contribution is -0.0210. The molecular formula is C14H19FO2. The van der Waals surface area contributed by atoms with Gasteiger partial charge in [-0.2, -0.15) is 0 Å². The van der Waals surface area contributed by atoms with Crippen LogP contribution in [0.3, 0.4) is 0 Å². The van der Waals surface area contributed by atoms with Crippen LogP contribution in [0.5, 0.6) is 5.75 Å². The minimum absolute atomic E-state index is 0.203. The maximum atomic E-state index is 14.1. The molecule has 0 amide bonds. The quantitative estimate of drug-likeness (QED) is 0.857. The van der Waals surface area contributed by atoms with Crippen molar-refractivity contribution in [2.45, 2.75) is 38.2 Å². The standard InChI is InChI=1S/C14H19FO2/c1-10-5-4-8-14(16,9-10)11-6-3-7-12(17-2)13(11)15/h3,6-7,10,16H,4-5,8-9H2,1-2H3. The van der Waals surface area contributed by atoms with Crippen LogP contribution in [0.1, 0.15) is 38.2 Å². The highest BCUT2D eigenvalue weighted by molar-refractivity contribution is 5.35. The zero-order valence-electron chi connectivity index (χ0n) is 10.4. The molecule has 0 heterocycles. The van der Waals surface area contributed by atoms with Crippen LogP contribution in [0.4, 0.5) is 4.39 Å². The predicted octanol–water partition coefficient (Wildman–Crippen LogP) is 3.23. The van der Waals surface area contributed by atoms with Crippen molar-refractivity contribution in [1.29, 1.82) is 0 Å². The van der Waals surface area contributed by atoms with E-state index >= 15 is 0 Å². The summed E-state index contributed by atoms with van der Waals surface area (Å²) in [5.74, 6) is 0.208. The summed E-state index contributed by atoms with van der Waals surface area (Å²) >= 11 is 0. The third-order valence-corrected chi connectivity index (χ3v) is 3.66. The number of hydrogen-bond donors (Lipinski definition) is 1. The maximum Gasteiger partial charge on any atom is 0.171 e. The van der Waals surface area contributed by atoms with E-state index in [0.29, 0.717) is 24.3 Å². The van der Waals surface area contributed by atoms with E-state index in [2.05, 4.69) is 6.92 Å². The Hall–Kier alpha value is -1.09. The van der Waals surface area contributed by atoms with Gasteiger partial charge in [0.25, 0.3) is 0 Å². The van der Waals surface area contributed by atoms with Gasteiger partial charge in [0.15, 0.2) is 11.6 Å². The monoisotopic (exact) mass is 238 g/mol. The van der Waals surface area contributed by atoms with Crippen LogP contribution in [0.25, 0.3) is 0 Å². The van der Waals surface area contributed by atoms with Gasteiger partial charge in [-0.1, -0.05) is 25.5 Å². The van der Waals surface area contributed by atoms with Gasteiger partial charge in [0.1, 0.15) is 0 Å². The van der Waals surface area contributed by atoms with Gasteiger partial charge < -0.3 is 9.84 Å². The molecule has 94 valence electrons. The van der Waals surface area contributed by atoms with Crippen molar-refractivity contribution >= 4 is 0 Å². The van der Waals surface area contributed by atoms with Crippen molar-refractivity contribution in [3.05, 3.63) is 29.6 Å². The number of aliphatic hydroxyl groups is 1. The summed E-state index contributed by atoms with van der Waals surface area (Å²) in [7, 11) is 1.44. The number of hydrogen-bond acceptors (Lipinski definition) is 2. The number of halogens is 1. The third kappa shape index (κ3) is 2.29. The van der Waals surface area contributed by atoms with Crippen molar-refractivity contribution in [1.82, 2.24) is 0 Å². The Bertz CT molecular complexity index is 405. The van der Waals surface area contributed by atoms with Crippen LogP contribution in [0.2, 0.25) is 0 Å². The van der Waals surface area contributed by atoms with Gasteiger partial charge >= 0.3 is 0 Å². The number of benzene rings is 1. The molecule has 1 aromatic carbocycles. The SMILES string of the molecule is COc1cccc(C2(O)CCCC(C)C2)c1F. The van der Waals surface area contributed by atoms with Gasteiger partial charge in [0.2, 0.25) is 0 Å². The Labute approximate surface area is 101 Å². The van der Waals surface area contributed by atoms with Crippen LogP contribution in [-0.2, 0) is 5.60 Å². The first-order chi connectivity index (χ1) is 8.07. The number of rotatable bonds is 2. The molecule has 3 heteroatoms. The van der Waals surface area contributed by atoms with Crippen LogP contribution in [0, 0.1) is 11.7 Å². The van der Waals surface area contributed by atoms with Crippen molar-refractivity contribution in [3.63, 3.8) is 0 Å². The van der Waals surface area contributed by atoms with Crippen molar-refractivity contribution in [3.8, 4) is 5.75 Å². The summed E-state index contributed by atoms with van der Waals surface area (Å²) < 4.78 is 19.1. The average Bonchev–Trinajstić information content (AvgIpc) is 2.28. The van der Waals surface area contributed by atoms with Gasteiger partial charge in [-0.25, -0.2) is 4.39 Å². The molecule has 2 unspecified atom stereocenters. The van der Waals surface area contributed by atoms with Crippen LogP contribution < -0.4 is 4.74 Å². The van der Waals surface area contributed by atoms with Gasteiger partial charge in [-0.3, -0.25) is 0 Å². The first kappa shape index (κ1) is 12.4. The highest BCUT2D eigenvalue weighted by atomic mass is 19.1. The van der Waals surface area contributed by atoms with E-state index in [9.17, 15) is 9.50 Å². The molecule has 1 fully saturated rings. The van der Waals surface area contributed by atoms with Gasteiger partial charge in [-0.15, -0.1) is 0 Å². The molecule has 2 rings (SSSR count). The molecule has 17 heavy (non-hydrogen) atoms. The first-order valence-corrected chi connectivity index (χ1v) is 6.12. The summed E-state index contributed by atoms with van der Waals surface area (Å²) in [6, 6.07) is 4.97. The van der Waals surface area contributed by atoms with Crippen molar-refractivity contribution in [2.75, 3.05) is 7.11 Å². The normalized spacial score (nSPS) is 29.1. The predicted molar refractivity (Wildman–Crippen MR) is 64.5 cm³/mol. The topological polar surface area (TPSA) is 29.5 Å². The largest absolute Gasteiger partial charge is 0.494 e. The van der Waals surface area contributed by atoms with Crippen LogP contribution in [0.15, 0.2) is 18.2 Å². The van der Waals surface area contributed by atoms with Crippen LogP contribution in [-0.4, -0.2) is 12.2 Å². The third-order valence-electron chi connectivity index (χ3n) is 3.66. The average molecular weight is 238 g/mol. The van der Waals surface area contributed by atoms with E-state index in [0.717, 1.165) is 12.8 Å². The lowest BCUT2D eigenvalue weighted by Gasteiger charge is -2.36. The van der Waals surface area contributed by atoms with Gasteiger partial charge in [0.05, 0.1) is 12.7 Å². The Kier molecular flexibility index (Phi) is 3.38. The summed E-state index contributed by atoms with van der Waals surface area (Å²) in [5, 5.41) is 10.6. The van der Waals surface area contributed by atoms with E-state index < -0.39 is 11.4 Å². The summed E-state index contributed by atoms with van der Waals surface area (Å²) in [4.78, 5) is 0. The lowest BCUT2D eigenvalue weighted by atomic mass is 9.75.